The highest BCUT2D eigenvalue weighted by atomic mass is 32.2. The highest BCUT2D eigenvalue weighted by Crippen LogP contribution is 2.22. The number of sulfonamides is 1. The van der Waals surface area contributed by atoms with Crippen LogP contribution in [0.5, 0.6) is 0 Å². The lowest BCUT2D eigenvalue weighted by atomic mass is 10.0. The van der Waals surface area contributed by atoms with Gasteiger partial charge in [0.2, 0.25) is 15.9 Å². The summed E-state index contributed by atoms with van der Waals surface area (Å²) in [6, 6.07) is 5.88. The first-order valence-electron chi connectivity index (χ1n) is 9.38. The monoisotopic (exact) mass is 422 g/mol. The van der Waals surface area contributed by atoms with Gasteiger partial charge in [0, 0.05) is 25.6 Å². The molecule has 2 atom stereocenters. The molecule has 1 aromatic carbocycles. The van der Waals surface area contributed by atoms with Crippen molar-refractivity contribution >= 4 is 15.9 Å². The number of morpholine rings is 1. The van der Waals surface area contributed by atoms with Crippen molar-refractivity contribution in [3.05, 3.63) is 41.5 Å². The lowest BCUT2D eigenvalue weighted by molar-refractivity contribution is -0.0440. The molecule has 1 aliphatic heterocycles. The summed E-state index contributed by atoms with van der Waals surface area (Å²) in [6.07, 6.45) is -0.343. The van der Waals surface area contributed by atoms with Crippen LogP contribution in [0, 0.1) is 6.92 Å². The molecule has 1 aromatic heterocycles. The van der Waals surface area contributed by atoms with E-state index in [1.165, 1.54) is 28.6 Å². The molecule has 0 radical (unpaired) electrons. The zero-order valence-electron chi connectivity index (χ0n) is 17.2. The van der Waals surface area contributed by atoms with E-state index < -0.39 is 15.6 Å². The number of nitrogens with zero attached hydrogens (tertiary/aromatic N) is 3. The number of nitrogens with one attached hydrogen (secondary N) is 1. The number of aryl methyl sites for hydroxylation is 1. The average Bonchev–Trinajstić information content (AvgIpc) is 3.08. The molecule has 29 heavy (non-hydrogen) atoms. The molecule has 2 heterocycles. The number of benzene rings is 1. The SMILES string of the molecule is Cc1nc(C(C)(C)NC(=O)c2ccc(S(=O)(=O)N3CC(C)OC(C)C3)cc2)no1. The molecule has 1 saturated heterocycles. The smallest absolute Gasteiger partial charge is 0.252 e. The number of hydrogen-bond donors (Lipinski definition) is 1. The minimum Gasteiger partial charge on any atom is -0.373 e. The Kier molecular flexibility index (Phi) is 5.79. The normalized spacial score (nSPS) is 21.1. The average molecular weight is 423 g/mol. The van der Waals surface area contributed by atoms with E-state index in [0.717, 1.165) is 0 Å². The molecule has 2 unspecified atom stereocenters. The van der Waals surface area contributed by atoms with Crippen molar-refractivity contribution in [1.29, 1.82) is 0 Å². The fourth-order valence-electron chi connectivity index (χ4n) is 3.22. The van der Waals surface area contributed by atoms with Crippen molar-refractivity contribution in [1.82, 2.24) is 19.8 Å². The van der Waals surface area contributed by atoms with Crippen LogP contribution in [0.15, 0.2) is 33.7 Å². The van der Waals surface area contributed by atoms with Gasteiger partial charge < -0.3 is 14.6 Å². The molecule has 1 N–H and O–H groups in total. The predicted octanol–water partition coefficient (Wildman–Crippen LogP) is 1.84. The van der Waals surface area contributed by atoms with Gasteiger partial charge in [0.15, 0.2) is 5.82 Å². The van der Waals surface area contributed by atoms with Crippen LogP contribution in [0.2, 0.25) is 0 Å². The van der Waals surface area contributed by atoms with Crippen molar-refractivity contribution in [2.75, 3.05) is 13.1 Å². The van der Waals surface area contributed by atoms with Crippen LogP contribution < -0.4 is 5.32 Å². The van der Waals surface area contributed by atoms with Gasteiger partial charge in [-0.3, -0.25) is 4.79 Å². The number of carbonyl (C=O) groups excluding carboxylic acids is 1. The van der Waals surface area contributed by atoms with Crippen LogP contribution in [-0.4, -0.2) is 54.1 Å². The van der Waals surface area contributed by atoms with E-state index in [4.69, 9.17) is 9.26 Å². The van der Waals surface area contributed by atoms with Crippen LogP contribution in [0.1, 0.15) is 49.8 Å². The van der Waals surface area contributed by atoms with Crippen LogP contribution in [0.3, 0.4) is 0 Å². The van der Waals surface area contributed by atoms with Gasteiger partial charge in [0.05, 0.1) is 22.6 Å². The number of hydrogen-bond acceptors (Lipinski definition) is 7. The minimum absolute atomic E-state index is 0.142. The fourth-order valence-corrected chi connectivity index (χ4v) is 4.81. The van der Waals surface area contributed by atoms with Crippen molar-refractivity contribution in [2.24, 2.45) is 0 Å². The lowest BCUT2D eigenvalue weighted by Crippen LogP contribution is -2.48. The Morgan fingerprint density at radius 2 is 1.76 bits per heavy atom. The first-order valence-corrected chi connectivity index (χ1v) is 10.8. The molecule has 3 rings (SSSR count). The largest absolute Gasteiger partial charge is 0.373 e. The summed E-state index contributed by atoms with van der Waals surface area (Å²) in [5.74, 6) is 0.400. The first-order chi connectivity index (χ1) is 13.5. The second-order valence-electron chi connectivity index (χ2n) is 7.82. The highest BCUT2D eigenvalue weighted by Gasteiger charge is 2.33. The summed E-state index contributed by atoms with van der Waals surface area (Å²) in [5, 5.41) is 6.68. The molecule has 158 valence electrons. The van der Waals surface area contributed by atoms with Gasteiger partial charge in [-0.1, -0.05) is 5.16 Å². The maximum atomic E-state index is 12.9. The van der Waals surface area contributed by atoms with Crippen LogP contribution in [0.25, 0.3) is 0 Å². The molecular formula is C19H26N4O5S. The van der Waals surface area contributed by atoms with Gasteiger partial charge in [-0.2, -0.15) is 9.29 Å². The second-order valence-corrected chi connectivity index (χ2v) is 9.76. The Bertz CT molecular complexity index is 974. The summed E-state index contributed by atoms with van der Waals surface area (Å²) in [7, 11) is -3.66. The molecule has 0 spiro atoms. The maximum Gasteiger partial charge on any atom is 0.252 e. The van der Waals surface area contributed by atoms with Crippen LogP contribution in [0.4, 0.5) is 0 Å². The zero-order chi connectivity index (χ0) is 21.4. The third-order valence-electron chi connectivity index (χ3n) is 4.65. The van der Waals surface area contributed by atoms with E-state index in [9.17, 15) is 13.2 Å². The third kappa shape index (κ3) is 4.65. The van der Waals surface area contributed by atoms with Gasteiger partial charge in [0.25, 0.3) is 5.91 Å². The Labute approximate surface area is 170 Å². The van der Waals surface area contributed by atoms with E-state index in [1.54, 1.807) is 20.8 Å². The standard InChI is InChI=1S/C19H26N4O5S/c1-12-10-23(11-13(2)27-12)29(25,26)16-8-6-15(7-9-16)17(24)21-19(4,5)18-20-14(3)28-22-18/h6-9,12-13H,10-11H2,1-5H3,(H,21,24). The lowest BCUT2D eigenvalue weighted by Gasteiger charge is -2.34. The van der Waals surface area contributed by atoms with Gasteiger partial charge in [-0.25, -0.2) is 8.42 Å². The van der Waals surface area contributed by atoms with Crippen molar-refractivity contribution in [3.8, 4) is 0 Å². The fraction of sp³-hybridized carbons (Fsp3) is 0.526. The van der Waals surface area contributed by atoms with Gasteiger partial charge >= 0.3 is 0 Å². The summed E-state index contributed by atoms with van der Waals surface area (Å²) in [5.41, 5.74) is -0.513. The molecule has 0 aliphatic carbocycles. The first kappa shape index (κ1) is 21.4. The number of aromatic nitrogens is 2. The van der Waals surface area contributed by atoms with Crippen LogP contribution in [-0.2, 0) is 20.3 Å². The van der Waals surface area contributed by atoms with Gasteiger partial charge in [-0.05, 0) is 52.0 Å². The molecule has 0 saturated carbocycles. The predicted molar refractivity (Wildman–Crippen MR) is 105 cm³/mol. The van der Waals surface area contributed by atoms with Gasteiger partial charge in [0.1, 0.15) is 0 Å². The number of rotatable bonds is 5. The van der Waals surface area contributed by atoms with E-state index in [2.05, 4.69) is 15.5 Å². The van der Waals surface area contributed by atoms with E-state index >= 15 is 0 Å². The second kappa shape index (κ2) is 7.85. The van der Waals surface area contributed by atoms with Gasteiger partial charge in [-0.15, -0.1) is 0 Å². The number of ether oxygens (including phenoxy) is 1. The Hall–Kier alpha value is -2.30. The number of carbonyl (C=O) groups is 1. The molecular weight excluding hydrogens is 396 g/mol. The van der Waals surface area contributed by atoms with E-state index in [1.807, 2.05) is 13.8 Å². The molecule has 9 nitrogen and oxygen atoms in total. The molecule has 2 aromatic rings. The Morgan fingerprint density at radius 1 is 1.17 bits per heavy atom. The third-order valence-corrected chi connectivity index (χ3v) is 6.50. The highest BCUT2D eigenvalue weighted by molar-refractivity contribution is 7.89. The maximum absolute atomic E-state index is 12.9. The quantitative estimate of drug-likeness (QED) is 0.782. The summed E-state index contributed by atoms with van der Waals surface area (Å²) in [4.78, 5) is 16.9. The molecule has 0 bridgehead atoms. The topological polar surface area (TPSA) is 115 Å². The Morgan fingerprint density at radius 3 is 2.28 bits per heavy atom. The van der Waals surface area contributed by atoms with E-state index in [0.29, 0.717) is 30.4 Å². The van der Waals surface area contributed by atoms with Crippen molar-refractivity contribution in [2.45, 2.75) is 57.3 Å². The Balaban J connectivity index is 1.75. The zero-order valence-corrected chi connectivity index (χ0v) is 18.0. The van der Waals surface area contributed by atoms with Crippen molar-refractivity contribution in [3.63, 3.8) is 0 Å². The molecule has 1 amide bonds. The van der Waals surface area contributed by atoms with Crippen molar-refractivity contribution < 1.29 is 22.5 Å². The minimum atomic E-state index is -3.66. The molecule has 10 heteroatoms. The summed E-state index contributed by atoms with van der Waals surface area (Å²) >= 11 is 0. The number of amides is 1. The summed E-state index contributed by atoms with van der Waals surface area (Å²) < 4.78 is 37.8. The van der Waals surface area contributed by atoms with Crippen LogP contribution >= 0.6 is 0 Å². The summed E-state index contributed by atoms with van der Waals surface area (Å²) in [6.45, 7) is 9.48. The molecule has 1 aliphatic rings. The van der Waals surface area contributed by atoms with E-state index in [-0.39, 0.29) is 23.0 Å². The molecule has 1 fully saturated rings.